The fraction of sp³-hybridized carbons (Fsp3) is 0.562. The summed E-state index contributed by atoms with van der Waals surface area (Å²) in [4.78, 5) is 13.5. The van der Waals surface area contributed by atoms with E-state index in [1.165, 1.54) is 0 Å². The Hall–Kier alpha value is -1.30. The molecule has 2 N–H and O–H groups in total. The monoisotopic (exact) mass is 330 g/mol. The second kappa shape index (κ2) is 10.4. The van der Waals surface area contributed by atoms with Crippen molar-refractivity contribution >= 4 is 18.3 Å². The first-order valence-electron chi connectivity index (χ1n) is 7.14. The van der Waals surface area contributed by atoms with Crippen LogP contribution in [0, 0.1) is 5.41 Å². The zero-order valence-electron chi connectivity index (χ0n) is 13.6. The van der Waals surface area contributed by atoms with Gasteiger partial charge in [-0.2, -0.15) is 0 Å². The molecule has 0 atom stereocenters. The van der Waals surface area contributed by atoms with Crippen LogP contribution in [0.15, 0.2) is 30.3 Å². The Morgan fingerprint density at radius 2 is 1.86 bits per heavy atom. The van der Waals surface area contributed by atoms with Gasteiger partial charge in [0, 0.05) is 13.6 Å². The third-order valence-electron chi connectivity index (χ3n) is 3.11. The Morgan fingerprint density at radius 3 is 2.45 bits per heavy atom. The number of benzene rings is 1. The molecule has 1 amide bonds. The molecule has 22 heavy (non-hydrogen) atoms. The van der Waals surface area contributed by atoms with Gasteiger partial charge in [0.15, 0.2) is 0 Å². The molecule has 6 heteroatoms. The highest BCUT2D eigenvalue weighted by atomic mass is 35.5. The summed E-state index contributed by atoms with van der Waals surface area (Å²) in [7, 11) is 1.77. The van der Waals surface area contributed by atoms with Crippen LogP contribution in [0.5, 0.6) is 5.75 Å². The third-order valence-corrected chi connectivity index (χ3v) is 3.11. The van der Waals surface area contributed by atoms with E-state index in [1.807, 2.05) is 44.2 Å². The van der Waals surface area contributed by atoms with Crippen LogP contribution < -0.4 is 10.5 Å². The minimum absolute atomic E-state index is 0. The zero-order valence-corrected chi connectivity index (χ0v) is 14.4. The van der Waals surface area contributed by atoms with E-state index in [4.69, 9.17) is 15.2 Å². The lowest BCUT2D eigenvalue weighted by Gasteiger charge is -2.29. The van der Waals surface area contributed by atoms with Gasteiger partial charge in [-0.15, -0.1) is 12.4 Å². The molecule has 5 nitrogen and oxygen atoms in total. The second-order valence-corrected chi connectivity index (χ2v) is 5.83. The average molecular weight is 331 g/mol. The van der Waals surface area contributed by atoms with Crippen LogP contribution in [0.4, 0.5) is 0 Å². The van der Waals surface area contributed by atoms with E-state index in [-0.39, 0.29) is 30.3 Å². The number of ether oxygens (including phenoxy) is 2. The van der Waals surface area contributed by atoms with E-state index in [2.05, 4.69) is 0 Å². The number of hydrogen-bond acceptors (Lipinski definition) is 4. The van der Waals surface area contributed by atoms with Gasteiger partial charge in [0.05, 0.1) is 6.61 Å². The zero-order chi connectivity index (χ0) is 15.7. The lowest BCUT2D eigenvalue weighted by Crippen LogP contribution is -2.41. The van der Waals surface area contributed by atoms with Crippen LogP contribution in [0.25, 0.3) is 0 Å². The van der Waals surface area contributed by atoms with Gasteiger partial charge in [0.1, 0.15) is 19.0 Å². The number of halogens is 1. The summed E-state index contributed by atoms with van der Waals surface area (Å²) >= 11 is 0. The highest BCUT2D eigenvalue weighted by Crippen LogP contribution is 2.13. The van der Waals surface area contributed by atoms with Crippen molar-refractivity contribution in [1.82, 2.24) is 4.90 Å². The van der Waals surface area contributed by atoms with Crippen molar-refractivity contribution in [1.29, 1.82) is 0 Å². The maximum absolute atomic E-state index is 11.9. The maximum atomic E-state index is 11.9. The van der Waals surface area contributed by atoms with Crippen molar-refractivity contribution in [3.8, 4) is 5.75 Å². The van der Waals surface area contributed by atoms with Crippen molar-refractivity contribution in [2.45, 2.75) is 13.8 Å². The SMILES string of the molecule is CN(CC(C)(C)CN)C(=O)COCCOc1ccccc1.Cl. The van der Waals surface area contributed by atoms with E-state index in [1.54, 1.807) is 11.9 Å². The molecule has 0 saturated heterocycles. The summed E-state index contributed by atoms with van der Waals surface area (Å²) in [6.45, 7) is 6.10. The van der Waals surface area contributed by atoms with Gasteiger partial charge in [-0.05, 0) is 24.1 Å². The maximum Gasteiger partial charge on any atom is 0.248 e. The predicted molar refractivity (Wildman–Crippen MR) is 90.5 cm³/mol. The predicted octanol–water partition coefficient (Wildman–Crippen LogP) is 1.95. The first-order valence-corrected chi connectivity index (χ1v) is 7.14. The fourth-order valence-corrected chi connectivity index (χ4v) is 1.80. The minimum Gasteiger partial charge on any atom is -0.491 e. The minimum atomic E-state index is -0.0825. The molecule has 0 radical (unpaired) electrons. The summed E-state index contributed by atoms with van der Waals surface area (Å²) in [6.07, 6.45) is 0. The molecule has 0 spiro atoms. The van der Waals surface area contributed by atoms with Crippen molar-refractivity contribution < 1.29 is 14.3 Å². The molecule has 0 aliphatic rings. The van der Waals surface area contributed by atoms with Gasteiger partial charge in [-0.25, -0.2) is 0 Å². The standard InChI is InChI=1S/C16H26N2O3.ClH/c1-16(2,12-17)13-18(3)15(19)11-20-9-10-21-14-7-5-4-6-8-14;/h4-8H,9-13,17H2,1-3H3;1H. The Kier molecular flexibility index (Phi) is 9.81. The van der Waals surface area contributed by atoms with Gasteiger partial charge in [0.2, 0.25) is 5.91 Å². The molecule has 0 saturated carbocycles. The van der Waals surface area contributed by atoms with Crippen molar-refractivity contribution in [3.05, 3.63) is 30.3 Å². The first kappa shape index (κ1) is 20.7. The summed E-state index contributed by atoms with van der Waals surface area (Å²) in [5.74, 6) is 0.755. The van der Waals surface area contributed by atoms with Crippen LogP contribution in [-0.4, -0.2) is 50.8 Å². The van der Waals surface area contributed by atoms with Crippen LogP contribution >= 0.6 is 12.4 Å². The van der Waals surface area contributed by atoms with E-state index >= 15 is 0 Å². The number of carbonyl (C=O) groups excluding carboxylic acids is 1. The molecule has 0 unspecified atom stereocenters. The lowest BCUT2D eigenvalue weighted by molar-refractivity contribution is -0.136. The Morgan fingerprint density at radius 1 is 1.23 bits per heavy atom. The van der Waals surface area contributed by atoms with E-state index in [0.717, 1.165) is 5.75 Å². The molecule has 0 aliphatic carbocycles. The van der Waals surface area contributed by atoms with Crippen LogP contribution in [-0.2, 0) is 9.53 Å². The van der Waals surface area contributed by atoms with E-state index in [0.29, 0.717) is 26.3 Å². The quantitative estimate of drug-likeness (QED) is 0.703. The summed E-state index contributed by atoms with van der Waals surface area (Å²) in [5, 5.41) is 0. The van der Waals surface area contributed by atoms with Gasteiger partial charge in [0.25, 0.3) is 0 Å². The first-order chi connectivity index (χ1) is 9.94. The Labute approximate surface area is 139 Å². The summed E-state index contributed by atoms with van der Waals surface area (Å²) < 4.78 is 10.8. The molecule has 0 aromatic heterocycles. The second-order valence-electron chi connectivity index (χ2n) is 5.83. The summed E-state index contributed by atoms with van der Waals surface area (Å²) in [5.41, 5.74) is 5.58. The average Bonchev–Trinajstić information content (AvgIpc) is 2.47. The molecule has 0 aliphatic heterocycles. The normalized spacial score (nSPS) is 10.7. The smallest absolute Gasteiger partial charge is 0.248 e. The number of rotatable bonds is 9. The van der Waals surface area contributed by atoms with E-state index in [9.17, 15) is 4.79 Å². The number of hydrogen-bond donors (Lipinski definition) is 1. The number of likely N-dealkylation sites (N-methyl/N-ethyl adjacent to an activating group) is 1. The lowest BCUT2D eigenvalue weighted by atomic mass is 9.93. The Balaban J connectivity index is 0.00000441. The third kappa shape index (κ3) is 8.22. The van der Waals surface area contributed by atoms with Gasteiger partial charge >= 0.3 is 0 Å². The number of para-hydroxylation sites is 1. The van der Waals surface area contributed by atoms with Gasteiger partial charge in [-0.1, -0.05) is 32.0 Å². The molecule has 0 fully saturated rings. The van der Waals surface area contributed by atoms with Crippen molar-refractivity contribution in [2.24, 2.45) is 11.1 Å². The molecule has 1 aromatic carbocycles. The Bertz CT molecular complexity index is 427. The van der Waals surface area contributed by atoms with Crippen LogP contribution in [0.2, 0.25) is 0 Å². The number of carbonyl (C=O) groups is 1. The van der Waals surface area contributed by atoms with Gasteiger partial charge < -0.3 is 20.1 Å². The van der Waals surface area contributed by atoms with Crippen molar-refractivity contribution in [2.75, 3.05) is 40.0 Å². The molecule has 0 bridgehead atoms. The molecule has 1 rings (SSSR count). The molecule has 1 aromatic rings. The highest BCUT2D eigenvalue weighted by molar-refractivity contribution is 5.85. The molecular weight excluding hydrogens is 304 g/mol. The number of nitrogens with two attached hydrogens (primary N) is 1. The topological polar surface area (TPSA) is 64.8 Å². The largest absolute Gasteiger partial charge is 0.491 e. The molecule has 126 valence electrons. The van der Waals surface area contributed by atoms with Crippen molar-refractivity contribution in [3.63, 3.8) is 0 Å². The molecule has 0 heterocycles. The van der Waals surface area contributed by atoms with Gasteiger partial charge in [-0.3, -0.25) is 4.79 Å². The number of nitrogens with zero attached hydrogens (tertiary/aromatic N) is 1. The van der Waals surface area contributed by atoms with Crippen LogP contribution in [0.3, 0.4) is 0 Å². The highest BCUT2D eigenvalue weighted by Gasteiger charge is 2.20. The number of amides is 1. The fourth-order valence-electron chi connectivity index (χ4n) is 1.80. The van der Waals surface area contributed by atoms with E-state index < -0.39 is 0 Å². The molecular formula is C16H27ClN2O3. The summed E-state index contributed by atoms with van der Waals surface area (Å²) in [6, 6.07) is 9.52. The van der Waals surface area contributed by atoms with Crippen LogP contribution in [0.1, 0.15) is 13.8 Å².